The van der Waals surface area contributed by atoms with Crippen molar-refractivity contribution >= 4 is 17.7 Å². The molecule has 2 aromatic rings. The molecule has 0 N–H and O–H groups in total. The second-order valence-electron chi connectivity index (χ2n) is 5.31. The van der Waals surface area contributed by atoms with Gasteiger partial charge in [0.15, 0.2) is 0 Å². The number of likely N-dealkylation sites (tertiary alicyclic amines) is 1. The van der Waals surface area contributed by atoms with Crippen molar-refractivity contribution in [2.24, 2.45) is 0 Å². The minimum atomic E-state index is 0.378. The number of carbonyl (C=O) groups is 1. The van der Waals surface area contributed by atoms with E-state index in [0.29, 0.717) is 6.04 Å². The Bertz CT molecular complexity index is 591. The van der Waals surface area contributed by atoms with Crippen LogP contribution < -0.4 is 0 Å². The Hall–Kier alpha value is -1.68. The molecule has 2 heterocycles. The van der Waals surface area contributed by atoms with Gasteiger partial charge in [-0.3, -0.25) is 4.79 Å². The van der Waals surface area contributed by atoms with E-state index >= 15 is 0 Å². The van der Waals surface area contributed by atoms with E-state index in [1.807, 2.05) is 17.3 Å². The zero-order chi connectivity index (χ0) is 13.9. The minimum Gasteiger partial charge on any atom is -0.342 e. The van der Waals surface area contributed by atoms with Gasteiger partial charge in [-0.2, -0.15) is 0 Å². The van der Waals surface area contributed by atoms with Crippen LogP contribution in [0.4, 0.5) is 0 Å². The lowest BCUT2D eigenvalue weighted by Crippen LogP contribution is -2.29. The normalized spacial score (nSPS) is 18.4. The second kappa shape index (κ2) is 5.75. The van der Waals surface area contributed by atoms with Crippen LogP contribution in [-0.2, 0) is 11.2 Å². The van der Waals surface area contributed by atoms with Crippen molar-refractivity contribution < 1.29 is 4.79 Å². The number of hydrogen-bond acceptors (Lipinski definition) is 3. The van der Waals surface area contributed by atoms with Gasteiger partial charge in [0, 0.05) is 12.6 Å². The average Bonchev–Trinajstić information content (AvgIpc) is 3.08. The molecule has 1 aliphatic rings. The predicted molar refractivity (Wildman–Crippen MR) is 81.8 cm³/mol. The molecule has 3 nitrogen and oxygen atoms in total. The average molecular weight is 286 g/mol. The van der Waals surface area contributed by atoms with Crippen LogP contribution in [0.1, 0.15) is 24.1 Å². The molecule has 1 aromatic carbocycles. The molecule has 1 unspecified atom stereocenters. The van der Waals surface area contributed by atoms with Crippen molar-refractivity contribution in [3.63, 3.8) is 0 Å². The number of aromatic nitrogens is 1. The molecule has 0 radical (unpaired) electrons. The Labute approximate surface area is 123 Å². The topological polar surface area (TPSA) is 33.2 Å². The van der Waals surface area contributed by atoms with Crippen LogP contribution in [0.25, 0.3) is 10.4 Å². The zero-order valence-corrected chi connectivity index (χ0v) is 12.4. The minimum absolute atomic E-state index is 0.378. The van der Waals surface area contributed by atoms with Gasteiger partial charge < -0.3 is 4.90 Å². The summed E-state index contributed by atoms with van der Waals surface area (Å²) in [5, 5.41) is 0. The van der Waals surface area contributed by atoms with Crippen molar-refractivity contribution in [2.45, 2.75) is 32.2 Å². The van der Waals surface area contributed by atoms with Gasteiger partial charge in [0.2, 0.25) is 6.41 Å². The lowest BCUT2D eigenvalue weighted by atomic mass is 10.0. The molecule has 20 heavy (non-hydrogen) atoms. The summed E-state index contributed by atoms with van der Waals surface area (Å²) < 4.78 is 0. The third-order valence-corrected chi connectivity index (χ3v) is 4.97. The third kappa shape index (κ3) is 2.61. The van der Waals surface area contributed by atoms with Gasteiger partial charge in [0.05, 0.1) is 16.1 Å². The molecule has 3 rings (SSSR count). The van der Waals surface area contributed by atoms with Crippen LogP contribution >= 0.6 is 11.3 Å². The number of carbonyl (C=O) groups excluding carboxylic acids is 1. The van der Waals surface area contributed by atoms with Gasteiger partial charge in [-0.05, 0) is 37.3 Å². The Kier molecular flexibility index (Phi) is 3.83. The number of rotatable bonds is 4. The fourth-order valence-electron chi connectivity index (χ4n) is 2.86. The van der Waals surface area contributed by atoms with Crippen LogP contribution in [0.15, 0.2) is 29.8 Å². The molecule has 104 valence electrons. The molecule has 0 saturated carbocycles. The number of amides is 1. The molecule has 1 atom stereocenters. The maximum absolute atomic E-state index is 11.0. The molecular formula is C16H18N2OS. The van der Waals surface area contributed by atoms with Gasteiger partial charge in [0.25, 0.3) is 0 Å². The molecule has 1 saturated heterocycles. The lowest BCUT2D eigenvalue weighted by Gasteiger charge is -2.19. The van der Waals surface area contributed by atoms with Crippen LogP contribution in [0.3, 0.4) is 0 Å². The van der Waals surface area contributed by atoms with Crippen molar-refractivity contribution in [3.05, 3.63) is 41.0 Å². The summed E-state index contributed by atoms with van der Waals surface area (Å²) in [5.74, 6) is 0. The molecular weight excluding hydrogens is 268 g/mol. The zero-order valence-electron chi connectivity index (χ0n) is 11.6. The van der Waals surface area contributed by atoms with E-state index < -0.39 is 0 Å². The summed E-state index contributed by atoms with van der Waals surface area (Å²) in [4.78, 5) is 18.4. The third-order valence-electron chi connectivity index (χ3n) is 3.99. The number of hydrogen-bond donors (Lipinski definition) is 0. The van der Waals surface area contributed by atoms with E-state index in [1.165, 1.54) is 16.0 Å². The first-order chi connectivity index (χ1) is 9.78. The smallest absolute Gasteiger partial charge is 0.209 e. The number of aryl methyl sites for hydroxylation is 1. The molecule has 1 aliphatic heterocycles. The number of nitrogens with zero attached hydrogens (tertiary/aromatic N) is 2. The van der Waals surface area contributed by atoms with E-state index in [-0.39, 0.29) is 0 Å². The number of thiazole rings is 1. The van der Waals surface area contributed by atoms with Crippen molar-refractivity contribution in [2.75, 3.05) is 6.54 Å². The fourth-order valence-corrected chi connectivity index (χ4v) is 3.67. The van der Waals surface area contributed by atoms with Gasteiger partial charge in [-0.25, -0.2) is 4.98 Å². The monoisotopic (exact) mass is 286 g/mol. The summed E-state index contributed by atoms with van der Waals surface area (Å²) in [6.07, 6.45) is 4.20. The van der Waals surface area contributed by atoms with Crippen LogP contribution in [-0.4, -0.2) is 28.9 Å². The quantitative estimate of drug-likeness (QED) is 0.808. The van der Waals surface area contributed by atoms with Crippen LogP contribution in [0, 0.1) is 6.92 Å². The van der Waals surface area contributed by atoms with Gasteiger partial charge in [-0.1, -0.05) is 24.3 Å². The summed E-state index contributed by atoms with van der Waals surface area (Å²) in [6.45, 7) is 2.95. The predicted octanol–water partition coefficient (Wildman–Crippen LogP) is 3.28. The SMILES string of the molecule is Cc1ncsc1-c1ccc(CC2CCCN2C=O)cc1. The Morgan fingerprint density at radius 3 is 2.85 bits per heavy atom. The lowest BCUT2D eigenvalue weighted by molar-refractivity contribution is -0.118. The summed E-state index contributed by atoms with van der Waals surface area (Å²) in [5.41, 5.74) is 5.51. The highest BCUT2D eigenvalue weighted by Crippen LogP contribution is 2.28. The Morgan fingerprint density at radius 2 is 2.20 bits per heavy atom. The highest BCUT2D eigenvalue weighted by atomic mass is 32.1. The first-order valence-corrected chi connectivity index (χ1v) is 7.86. The maximum Gasteiger partial charge on any atom is 0.209 e. The number of benzene rings is 1. The van der Waals surface area contributed by atoms with Crippen LogP contribution in [0.2, 0.25) is 0 Å². The summed E-state index contributed by atoms with van der Waals surface area (Å²) in [7, 11) is 0. The molecule has 1 fully saturated rings. The van der Waals surface area contributed by atoms with E-state index in [4.69, 9.17) is 0 Å². The standard InChI is InChI=1S/C16H18N2OS/c1-12-16(20-10-17-12)14-6-4-13(5-7-14)9-15-3-2-8-18(15)11-19/h4-7,10-11,15H,2-3,8-9H2,1H3. The van der Waals surface area contributed by atoms with E-state index in [2.05, 4.69) is 29.2 Å². The van der Waals surface area contributed by atoms with E-state index in [0.717, 1.165) is 37.9 Å². The first kappa shape index (κ1) is 13.3. The second-order valence-corrected chi connectivity index (χ2v) is 6.16. The highest BCUT2D eigenvalue weighted by Gasteiger charge is 2.22. The molecule has 0 bridgehead atoms. The van der Waals surface area contributed by atoms with E-state index in [1.54, 1.807) is 11.3 Å². The maximum atomic E-state index is 11.0. The Morgan fingerprint density at radius 1 is 1.40 bits per heavy atom. The summed E-state index contributed by atoms with van der Waals surface area (Å²) >= 11 is 1.68. The van der Waals surface area contributed by atoms with Crippen LogP contribution in [0.5, 0.6) is 0 Å². The van der Waals surface area contributed by atoms with Crippen molar-refractivity contribution in [3.8, 4) is 10.4 Å². The first-order valence-electron chi connectivity index (χ1n) is 6.98. The highest BCUT2D eigenvalue weighted by molar-refractivity contribution is 7.13. The summed E-state index contributed by atoms with van der Waals surface area (Å²) in [6, 6.07) is 9.06. The van der Waals surface area contributed by atoms with Crippen molar-refractivity contribution in [1.82, 2.24) is 9.88 Å². The molecule has 4 heteroatoms. The van der Waals surface area contributed by atoms with Crippen molar-refractivity contribution in [1.29, 1.82) is 0 Å². The molecule has 0 spiro atoms. The van der Waals surface area contributed by atoms with E-state index in [9.17, 15) is 4.79 Å². The fraction of sp³-hybridized carbons (Fsp3) is 0.375. The molecule has 1 amide bonds. The van der Waals surface area contributed by atoms with Gasteiger partial charge in [-0.15, -0.1) is 11.3 Å². The van der Waals surface area contributed by atoms with Gasteiger partial charge in [0.1, 0.15) is 0 Å². The van der Waals surface area contributed by atoms with Gasteiger partial charge >= 0.3 is 0 Å². The Balaban J connectivity index is 1.73. The molecule has 0 aliphatic carbocycles. The largest absolute Gasteiger partial charge is 0.342 e. The molecule has 1 aromatic heterocycles.